The highest BCUT2D eigenvalue weighted by Gasteiger charge is 2.36. The highest BCUT2D eigenvalue weighted by molar-refractivity contribution is 5.96. The molecule has 1 aliphatic heterocycles. The molecule has 7 heteroatoms. The van der Waals surface area contributed by atoms with Crippen molar-refractivity contribution in [2.75, 3.05) is 17.6 Å². The number of carbonyl (C=O) groups is 2. The van der Waals surface area contributed by atoms with Crippen LogP contribution < -0.4 is 11.1 Å². The maximum absolute atomic E-state index is 12.3. The van der Waals surface area contributed by atoms with Gasteiger partial charge in [0, 0.05) is 6.54 Å². The number of likely N-dealkylation sites (tertiary alicyclic amines) is 1. The van der Waals surface area contributed by atoms with Crippen LogP contribution in [0.25, 0.3) is 0 Å². The van der Waals surface area contributed by atoms with Gasteiger partial charge in [-0.15, -0.1) is 0 Å². The molecule has 0 bridgehead atoms. The molecule has 22 heavy (non-hydrogen) atoms. The Hall–Kier alpha value is -2.31. The summed E-state index contributed by atoms with van der Waals surface area (Å²) >= 11 is 0. The predicted octanol–water partition coefficient (Wildman–Crippen LogP) is 2.00. The predicted molar refractivity (Wildman–Crippen MR) is 83.2 cm³/mol. The van der Waals surface area contributed by atoms with Crippen molar-refractivity contribution < 1.29 is 14.3 Å². The van der Waals surface area contributed by atoms with E-state index in [0.29, 0.717) is 24.5 Å². The average molecular weight is 306 g/mol. The van der Waals surface area contributed by atoms with Crippen LogP contribution in [0.1, 0.15) is 33.6 Å². The summed E-state index contributed by atoms with van der Waals surface area (Å²) in [5.41, 5.74) is 5.49. The third-order valence-electron chi connectivity index (χ3n) is 3.22. The molecule has 1 saturated heterocycles. The second-order valence-corrected chi connectivity index (χ2v) is 6.30. The van der Waals surface area contributed by atoms with Crippen LogP contribution in [0.4, 0.5) is 16.3 Å². The van der Waals surface area contributed by atoms with Gasteiger partial charge in [0.1, 0.15) is 17.5 Å². The lowest BCUT2D eigenvalue weighted by molar-refractivity contribution is -0.120. The first-order valence-corrected chi connectivity index (χ1v) is 7.28. The summed E-state index contributed by atoms with van der Waals surface area (Å²) in [4.78, 5) is 30.0. The van der Waals surface area contributed by atoms with E-state index >= 15 is 0 Å². The zero-order valence-electron chi connectivity index (χ0n) is 13.1. The van der Waals surface area contributed by atoms with Crippen LogP contribution in [-0.4, -0.2) is 40.1 Å². The number of pyridine rings is 1. The van der Waals surface area contributed by atoms with Gasteiger partial charge in [0.2, 0.25) is 5.91 Å². The Balaban J connectivity index is 2.01. The van der Waals surface area contributed by atoms with Crippen molar-refractivity contribution in [2.45, 2.75) is 45.3 Å². The summed E-state index contributed by atoms with van der Waals surface area (Å²) in [6.45, 7) is 5.92. The summed E-state index contributed by atoms with van der Waals surface area (Å²) in [6, 6.07) is 2.75. The van der Waals surface area contributed by atoms with Gasteiger partial charge >= 0.3 is 6.09 Å². The van der Waals surface area contributed by atoms with E-state index in [-0.39, 0.29) is 5.91 Å². The largest absolute Gasteiger partial charge is 0.444 e. The highest BCUT2D eigenvalue weighted by atomic mass is 16.6. The third-order valence-corrected chi connectivity index (χ3v) is 3.22. The van der Waals surface area contributed by atoms with Crippen molar-refractivity contribution in [3.63, 3.8) is 0 Å². The zero-order chi connectivity index (χ0) is 16.3. The summed E-state index contributed by atoms with van der Waals surface area (Å²) in [5.74, 6) is 0.149. The molecule has 2 heterocycles. The number of nitrogens with zero attached hydrogens (tertiary/aromatic N) is 2. The fraction of sp³-hybridized carbons (Fsp3) is 0.533. The van der Waals surface area contributed by atoms with Gasteiger partial charge in [-0.2, -0.15) is 0 Å². The minimum Gasteiger partial charge on any atom is -0.444 e. The molecule has 1 aromatic rings. The minimum atomic E-state index is -0.584. The van der Waals surface area contributed by atoms with Gasteiger partial charge in [-0.3, -0.25) is 9.69 Å². The second-order valence-electron chi connectivity index (χ2n) is 6.30. The molecular weight excluding hydrogens is 284 g/mol. The maximum Gasteiger partial charge on any atom is 0.410 e. The lowest BCUT2D eigenvalue weighted by atomic mass is 10.2. The number of nitrogens with one attached hydrogen (secondary N) is 1. The molecule has 0 unspecified atom stereocenters. The third kappa shape index (κ3) is 4.09. The fourth-order valence-electron chi connectivity index (χ4n) is 2.27. The highest BCUT2D eigenvalue weighted by Crippen LogP contribution is 2.22. The number of carbonyl (C=O) groups excluding carboxylic acids is 2. The minimum absolute atomic E-state index is 0.263. The Kier molecular flexibility index (Phi) is 4.54. The SMILES string of the molecule is CC(C)(C)OC(=O)N1CCC[C@H]1C(=O)Nc1ccc(N)cn1. The number of hydrogen-bond acceptors (Lipinski definition) is 5. The van der Waals surface area contributed by atoms with E-state index < -0.39 is 17.7 Å². The fourth-order valence-corrected chi connectivity index (χ4v) is 2.27. The standard InChI is InChI=1S/C15H22N4O3/c1-15(2,3)22-14(21)19-8-4-5-11(19)13(20)18-12-7-6-10(16)9-17-12/h6-7,9,11H,4-5,8,16H2,1-3H3,(H,17,18,20)/t11-/m0/s1. The lowest BCUT2D eigenvalue weighted by Gasteiger charge is -2.27. The van der Waals surface area contributed by atoms with Crippen molar-refractivity contribution in [1.82, 2.24) is 9.88 Å². The first-order valence-electron chi connectivity index (χ1n) is 7.28. The van der Waals surface area contributed by atoms with E-state index in [9.17, 15) is 9.59 Å². The van der Waals surface area contributed by atoms with Crippen molar-refractivity contribution in [3.05, 3.63) is 18.3 Å². The van der Waals surface area contributed by atoms with E-state index in [0.717, 1.165) is 6.42 Å². The summed E-state index contributed by atoms with van der Waals surface area (Å²) in [7, 11) is 0. The molecule has 0 aromatic carbocycles. The van der Waals surface area contributed by atoms with Crippen molar-refractivity contribution in [1.29, 1.82) is 0 Å². The number of nitrogens with two attached hydrogens (primary N) is 1. The van der Waals surface area contributed by atoms with Gasteiger partial charge in [-0.1, -0.05) is 0 Å². The molecule has 7 nitrogen and oxygen atoms in total. The number of amides is 2. The van der Waals surface area contributed by atoms with Crippen LogP contribution in [0.15, 0.2) is 18.3 Å². The Morgan fingerprint density at radius 1 is 1.41 bits per heavy atom. The quantitative estimate of drug-likeness (QED) is 0.871. The Bertz CT molecular complexity index is 551. The second kappa shape index (κ2) is 6.21. The van der Waals surface area contributed by atoms with E-state index in [1.165, 1.54) is 11.1 Å². The first kappa shape index (κ1) is 16.1. The Morgan fingerprint density at radius 2 is 2.14 bits per heavy atom. The van der Waals surface area contributed by atoms with E-state index in [1.54, 1.807) is 32.9 Å². The summed E-state index contributed by atoms with van der Waals surface area (Å²) in [5, 5.41) is 2.70. The van der Waals surface area contributed by atoms with Crippen LogP contribution in [-0.2, 0) is 9.53 Å². The van der Waals surface area contributed by atoms with Crippen LogP contribution in [0.5, 0.6) is 0 Å². The van der Waals surface area contributed by atoms with E-state index in [1.807, 2.05) is 0 Å². The van der Waals surface area contributed by atoms with Gasteiger partial charge in [0.05, 0.1) is 11.9 Å². The molecular formula is C15H22N4O3. The molecule has 2 rings (SSSR count). The van der Waals surface area contributed by atoms with Gasteiger partial charge < -0.3 is 15.8 Å². The van der Waals surface area contributed by atoms with E-state index in [4.69, 9.17) is 10.5 Å². The van der Waals surface area contributed by atoms with Crippen molar-refractivity contribution in [3.8, 4) is 0 Å². The monoisotopic (exact) mass is 306 g/mol. The lowest BCUT2D eigenvalue weighted by Crippen LogP contribution is -2.45. The maximum atomic E-state index is 12.3. The summed E-state index contributed by atoms with van der Waals surface area (Å²) in [6.07, 6.45) is 2.39. The number of ether oxygens (including phenoxy) is 1. The molecule has 1 aromatic heterocycles. The van der Waals surface area contributed by atoms with Gasteiger partial charge in [0.15, 0.2) is 0 Å². The first-order chi connectivity index (χ1) is 10.3. The van der Waals surface area contributed by atoms with Gasteiger partial charge in [-0.25, -0.2) is 9.78 Å². The number of anilines is 2. The number of rotatable bonds is 2. The average Bonchev–Trinajstić information content (AvgIpc) is 2.89. The van der Waals surface area contributed by atoms with Crippen LogP contribution >= 0.6 is 0 Å². The van der Waals surface area contributed by atoms with Crippen molar-refractivity contribution in [2.24, 2.45) is 0 Å². The van der Waals surface area contributed by atoms with E-state index in [2.05, 4.69) is 10.3 Å². The zero-order valence-corrected chi connectivity index (χ0v) is 13.1. The topological polar surface area (TPSA) is 97.5 Å². The molecule has 0 aliphatic carbocycles. The smallest absolute Gasteiger partial charge is 0.410 e. The number of aromatic nitrogens is 1. The Labute approximate surface area is 129 Å². The molecule has 2 amide bonds. The molecule has 0 radical (unpaired) electrons. The van der Waals surface area contributed by atoms with Gasteiger partial charge in [0.25, 0.3) is 0 Å². The van der Waals surface area contributed by atoms with Crippen molar-refractivity contribution >= 4 is 23.5 Å². The van der Waals surface area contributed by atoms with Crippen LogP contribution in [0, 0.1) is 0 Å². The Morgan fingerprint density at radius 3 is 2.73 bits per heavy atom. The van der Waals surface area contributed by atoms with Crippen LogP contribution in [0.3, 0.4) is 0 Å². The number of nitrogen functional groups attached to an aromatic ring is 1. The molecule has 0 saturated carbocycles. The molecule has 1 atom stereocenters. The molecule has 1 aliphatic rings. The summed E-state index contributed by atoms with van der Waals surface area (Å²) < 4.78 is 5.34. The molecule has 0 spiro atoms. The molecule has 120 valence electrons. The molecule has 3 N–H and O–H groups in total. The molecule has 1 fully saturated rings. The number of hydrogen-bond donors (Lipinski definition) is 2. The van der Waals surface area contributed by atoms with Crippen LogP contribution in [0.2, 0.25) is 0 Å². The van der Waals surface area contributed by atoms with Gasteiger partial charge in [-0.05, 0) is 45.7 Å². The normalized spacial score (nSPS) is 18.1.